The Hall–Kier alpha value is -2.71. The Morgan fingerprint density at radius 3 is 2.84 bits per heavy atom. The van der Waals surface area contributed by atoms with E-state index in [4.69, 9.17) is 19.9 Å². The Morgan fingerprint density at radius 2 is 2.10 bits per heavy atom. The number of aromatic nitrogens is 1. The second-order valence-corrected chi connectivity index (χ2v) is 8.32. The molecule has 0 aliphatic carbocycles. The van der Waals surface area contributed by atoms with Crippen molar-refractivity contribution in [1.82, 2.24) is 4.98 Å². The molecular weight excluding hydrogens is 467 g/mol. The zero-order valence-electron chi connectivity index (χ0n) is 17.0. The van der Waals surface area contributed by atoms with Crippen LogP contribution >= 0.6 is 15.9 Å². The van der Waals surface area contributed by atoms with E-state index in [0.29, 0.717) is 30.2 Å². The summed E-state index contributed by atoms with van der Waals surface area (Å²) in [5.41, 5.74) is 6.48. The summed E-state index contributed by atoms with van der Waals surface area (Å²) in [6.07, 6.45) is 2.05. The van der Waals surface area contributed by atoms with Gasteiger partial charge in [0.1, 0.15) is 24.0 Å². The van der Waals surface area contributed by atoms with Crippen molar-refractivity contribution in [2.45, 2.75) is 31.5 Å². The summed E-state index contributed by atoms with van der Waals surface area (Å²) in [6.45, 7) is 0.601. The van der Waals surface area contributed by atoms with E-state index in [2.05, 4.69) is 20.9 Å². The smallest absolute Gasteiger partial charge is 0.342 e. The largest absolute Gasteiger partial charge is 0.489 e. The zero-order valence-corrected chi connectivity index (χ0v) is 18.6. The summed E-state index contributed by atoms with van der Waals surface area (Å²) in [5.74, 6) is -0.337. The van der Waals surface area contributed by atoms with Crippen LogP contribution in [0.15, 0.2) is 46.9 Å². The predicted molar refractivity (Wildman–Crippen MR) is 118 cm³/mol. The third-order valence-corrected chi connectivity index (χ3v) is 6.03. The van der Waals surface area contributed by atoms with E-state index < -0.39 is 17.4 Å². The van der Waals surface area contributed by atoms with Crippen LogP contribution in [-0.4, -0.2) is 24.7 Å². The normalized spacial score (nSPS) is 18.7. The quantitative estimate of drug-likeness (QED) is 0.516. The van der Waals surface area contributed by atoms with Gasteiger partial charge in [0.15, 0.2) is 5.60 Å². The first-order valence-corrected chi connectivity index (χ1v) is 10.7. The highest BCUT2D eigenvalue weighted by atomic mass is 79.9. The van der Waals surface area contributed by atoms with Crippen LogP contribution in [0, 0.1) is 5.82 Å². The molecule has 2 N–H and O–H groups in total. The number of carbonyl (C=O) groups is 1. The third-order valence-electron chi connectivity index (χ3n) is 5.37. The maximum atomic E-state index is 14.4. The van der Waals surface area contributed by atoms with Crippen LogP contribution in [-0.2, 0) is 26.5 Å². The Kier molecular flexibility index (Phi) is 6.11. The van der Waals surface area contributed by atoms with Crippen molar-refractivity contribution in [2.75, 3.05) is 19.5 Å². The molecule has 8 heteroatoms. The van der Waals surface area contributed by atoms with Gasteiger partial charge >= 0.3 is 5.97 Å². The molecule has 2 aromatic carbocycles. The van der Waals surface area contributed by atoms with Crippen molar-refractivity contribution in [3.8, 4) is 5.75 Å². The average Bonchev–Trinajstić information content (AvgIpc) is 2.76. The van der Waals surface area contributed by atoms with Gasteiger partial charge in [-0.2, -0.15) is 0 Å². The number of hydrogen-bond acceptors (Lipinski definition) is 6. The van der Waals surface area contributed by atoms with Gasteiger partial charge in [0.05, 0.1) is 12.6 Å². The number of nitrogen functional groups attached to an aromatic ring is 1. The average molecular weight is 489 g/mol. The van der Waals surface area contributed by atoms with Crippen LogP contribution < -0.4 is 10.5 Å². The highest BCUT2D eigenvalue weighted by molar-refractivity contribution is 9.10. The van der Waals surface area contributed by atoms with Gasteiger partial charge in [-0.3, -0.25) is 0 Å². The molecule has 0 spiro atoms. The Bertz CT molecular complexity index is 1130. The topological polar surface area (TPSA) is 83.7 Å². The van der Waals surface area contributed by atoms with Gasteiger partial charge in [-0.25, -0.2) is 14.2 Å². The number of esters is 1. The third kappa shape index (κ3) is 4.36. The molecule has 0 amide bonds. The van der Waals surface area contributed by atoms with Crippen LogP contribution in [0.5, 0.6) is 5.75 Å². The molecule has 1 aliphatic rings. The molecule has 0 bridgehead atoms. The number of anilines is 1. The lowest BCUT2D eigenvalue weighted by Crippen LogP contribution is -2.42. The maximum Gasteiger partial charge on any atom is 0.342 e. The lowest BCUT2D eigenvalue weighted by molar-refractivity contribution is -0.178. The SMILES string of the molecule is COC(=O)C1(c2cc(F)cc(OCc3ccc4c(Br)cc(N)nc4c3)c2)CCCCO1. The molecule has 162 valence electrons. The molecule has 1 fully saturated rings. The van der Waals surface area contributed by atoms with E-state index in [9.17, 15) is 9.18 Å². The fraction of sp³-hybridized carbons (Fsp3) is 0.304. The number of nitrogens with zero attached hydrogens (tertiary/aromatic N) is 1. The molecule has 0 radical (unpaired) electrons. The molecule has 1 aromatic heterocycles. The number of pyridine rings is 1. The minimum absolute atomic E-state index is 0.193. The van der Waals surface area contributed by atoms with Gasteiger partial charge < -0.3 is 19.9 Å². The lowest BCUT2D eigenvalue weighted by Gasteiger charge is -2.35. The molecule has 6 nitrogen and oxygen atoms in total. The predicted octanol–water partition coefficient (Wildman–Crippen LogP) is 4.87. The number of benzene rings is 2. The first-order chi connectivity index (χ1) is 14.9. The summed E-state index contributed by atoms with van der Waals surface area (Å²) in [4.78, 5) is 16.9. The Labute approximate surface area is 187 Å². The van der Waals surface area contributed by atoms with Gasteiger partial charge in [0.25, 0.3) is 0 Å². The Morgan fingerprint density at radius 1 is 1.26 bits per heavy atom. The van der Waals surface area contributed by atoms with Crippen molar-refractivity contribution in [2.24, 2.45) is 0 Å². The van der Waals surface area contributed by atoms with E-state index in [1.54, 1.807) is 12.1 Å². The number of carbonyl (C=O) groups excluding carboxylic acids is 1. The van der Waals surface area contributed by atoms with Gasteiger partial charge in [-0.1, -0.05) is 12.1 Å². The van der Waals surface area contributed by atoms with Crippen LogP contribution in [0.25, 0.3) is 10.9 Å². The van der Waals surface area contributed by atoms with E-state index in [1.165, 1.54) is 19.2 Å². The molecule has 31 heavy (non-hydrogen) atoms. The molecule has 1 saturated heterocycles. The van der Waals surface area contributed by atoms with Crippen LogP contribution in [0.4, 0.5) is 10.2 Å². The number of fused-ring (bicyclic) bond motifs is 1. The van der Waals surface area contributed by atoms with E-state index in [-0.39, 0.29) is 6.61 Å². The van der Waals surface area contributed by atoms with Gasteiger partial charge in [-0.05, 0) is 65.0 Å². The molecule has 1 aliphatic heterocycles. The minimum atomic E-state index is -1.32. The summed E-state index contributed by atoms with van der Waals surface area (Å²) in [5, 5.41) is 0.931. The van der Waals surface area contributed by atoms with Crippen molar-refractivity contribution >= 4 is 38.6 Å². The second kappa shape index (κ2) is 8.80. The highest BCUT2D eigenvalue weighted by Gasteiger charge is 2.44. The number of nitrogens with two attached hydrogens (primary N) is 1. The first kappa shape index (κ1) is 21.5. The minimum Gasteiger partial charge on any atom is -0.489 e. The summed E-state index contributed by atoms with van der Waals surface area (Å²) < 4.78 is 31.9. The fourth-order valence-corrected chi connectivity index (χ4v) is 4.42. The van der Waals surface area contributed by atoms with Crippen molar-refractivity contribution in [3.63, 3.8) is 0 Å². The van der Waals surface area contributed by atoms with Crippen molar-refractivity contribution < 1.29 is 23.4 Å². The molecule has 0 saturated carbocycles. The molecule has 4 rings (SSSR count). The summed E-state index contributed by atoms with van der Waals surface area (Å²) >= 11 is 3.48. The monoisotopic (exact) mass is 488 g/mol. The first-order valence-electron chi connectivity index (χ1n) is 9.92. The molecule has 1 unspecified atom stereocenters. The maximum absolute atomic E-state index is 14.4. The molecule has 1 atom stereocenters. The van der Waals surface area contributed by atoms with Crippen molar-refractivity contribution in [3.05, 3.63) is 63.9 Å². The second-order valence-electron chi connectivity index (χ2n) is 7.47. The lowest BCUT2D eigenvalue weighted by atomic mass is 9.86. The van der Waals surface area contributed by atoms with E-state index in [0.717, 1.165) is 33.8 Å². The van der Waals surface area contributed by atoms with E-state index in [1.807, 2.05) is 18.2 Å². The Balaban J connectivity index is 1.60. The van der Waals surface area contributed by atoms with E-state index >= 15 is 0 Å². The van der Waals surface area contributed by atoms with Crippen molar-refractivity contribution in [1.29, 1.82) is 0 Å². The summed E-state index contributed by atoms with van der Waals surface area (Å²) in [6, 6.07) is 11.7. The van der Waals surface area contributed by atoms with Crippen LogP contribution in [0.3, 0.4) is 0 Å². The van der Waals surface area contributed by atoms with Gasteiger partial charge in [0.2, 0.25) is 0 Å². The number of rotatable bonds is 5. The van der Waals surface area contributed by atoms with Crippen LogP contribution in [0.2, 0.25) is 0 Å². The number of ether oxygens (including phenoxy) is 3. The zero-order chi connectivity index (χ0) is 22.0. The molecular formula is C23H22BrFN2O4. The van der Waals surface area contributed by atoms with Crippen LogP contribution in [0.1, 0.15) is 30.4 Å². The highest BCUT2D eigenvalue weighted by Crippen LogP contribution is 2.38. The van der Waals surface area contributed by atoms with Gasteiger partial charge in [-0.15, -0.1) is 0 Å². The molecule has 3 aromatic rings. The number of halogens is 2. The summed E-state index contributed by atoms with van der Waals surface area (Å²) in [7, 11) is 1.30. The number of methoxy groups -OCH3 is 1. The number of hydrogen-bond donors (Lipinski definition) is 1. The van der Waals surface area contributed by atoms with Gasteiger partial charge in [0, 0.05) is 28.1 Å². The molecule has 2 heterocycles. The standard InChI is InChI=1S/C23H22BrFN2O4/c1-29-22(28)23(6-2-3-7-31-23)15-9-16(25)11-17(10-15)30-13-14-4-5-18-19(24)12-21(26)27-20(18)8-14/h4-5,8-12H,2-3,6-7,13H2,1H3,(H2,26,27). The fourth-order valence-electron chi connectivity index (χ4n) is 3.85.